The van der Waals surface area contributed by atoms with Crippen molar-refractivity contribution in [1.82, 2.24) is 10.3 Å². The molecular formula is C11H13N2O2P. The summed E-state index contributed by atoms with van der Waals surface area (Å²) >= 11 is 0. The fourth-order valence-corrected chi connectivity index (χ4v) is 2.50. The molecule has 0 saturated carbocycles. The van der Waals surface area contributed by atoms with Gasteiger partial charge in [-0.1, -0.05) is 10.6 Å². The number of hydrogen-bond donors (Lipinski definition) is 2. The molecule has 0 amide bonds. The van der Waals surface area contributed by atoms with Crippen LogP contribution in [0.3, 0.4) is 0 Å². The molecule has 84 valence electrons. The first kappa shape index (κ1) is 11.3. The molecule has 16 heavy (non-hydrogen) atoms. The summed E-state index contributed by atoms with van der Waals surface area (Å²) in [5.74, 6) is 0. The number of aromatic nitrogens is 1. The fraction of sp³-hybridized carbons (Fsp3) is 0.273. The summed E-state index contributed by atoms with van der Waals surface area (Å²) in [4.78, 5) is 14.2. The third-order valence-corrected chi connectivity index (χ3v) is 3.37. The van der Waals surface area contributed by atoms with Crippen molar-refractivity contribution in [2.45, 2.75) is 6.42 Å². The molecule has 1 aromatic heterocycles. The zero-order valence-electron chi connectivity index (χ0n) is 8.99. The monoisotopic (exact) mass is 236 g/mol. The van der Waals surface area contributed by atoms with E-state index in [4.69, 9.17) is 0 Å². The highest BCUT2D eigenvalue weighted by atomic mass is 31.1. The van der Waals surface area contributed by atoms with E-state index in [0.717, 1.165) is 29.4 Å². The third kappa shape index (κ3) is 2.00. The molecule has 5 heteroatoms. The highest BCUT2D eigenvalue weighted by Crippen LogP contribution is 2.22. The van der Waals surface area contributed by atoms with E-state index >= 15 is 0 Å². The van der Waals surface area contributed by atoms with Crippen LogP contribution in [0.25, 0.3) is 10.9 Å². The minimum Gasteiger partial charge on any atom is -0.591 e. The van der Waals surface area contributed by atoms with Gasteiger partial charge in [-0.25, -0.2) is 0 Å². The zero-order chi connectivity index (χ0) is 11.5. The number of hydrogen-bond acceptors (Lipinski definition) is 3. The van der Waals surface area contributed by atoms with Crippen LogP contribution in [0.1, 0.15) is 5.56 Å². The zero-order valence-corrected chi connectivity index (χ0v) is 9.88. The van der Waals surface area contributed by atoms with Gasteiger partial charge in [0.25, 0.3) is 0 Å². The van der Waals surface area contributed by atoms with Crippen LogP contribution in [0.4, 0.5) is 0 Å². The van der Waals surface area contributed by atoms with Crippen molar-refractivity contribution in [1.29, 1.82) is 0 Å². The Bertz CT molecular complexity index is 522. The van der Waals surface area contributed by atoms with Gasteiger partial charge < -0.3 is 15.2 Å². The van der Waals surface area contributed by atoms with E-state index in [9.17, 15) is 9.46 Å². The van der Waals surface area contributed by atoms with Gasteiger partial charge in [0.15, 0.2) is 5.30 Å². The van der Waals surface area contributed by atoms with E-state index in [2.05, 4.69) is 10.3 Å². The van der Waals surface area contributed by atoms with E-state index in [1.54, 1.807) is 12.1 Å². The first-order valence-electron chi connectivity index (χ1n) is 5.12. The lowest BCUT2D eigenvalue weighted by atomic mass is 10.1. The van der Waals surface area contributed by atoms with Gasteiger partial charge in [0.1, 0.15) is 0 Å². The standard InChI is InChI=1S/C11H13N2O2P/c1-12-6-5-8-7-13-9-3-2-4-10(11(8)9)16(14)15/h2-4,7,12-13H,5-6H2,1H3. The predicted octanol–water partition coefficient (Wildman–Crippen LogP) is 0.658. The van der Waals surface area contributed by atoms with Gasteiger partial charge in [-0.15, -0.1) is 0 Å². The maximum Gasteiger partial charge on any atom is 0.349 e. The SMILES string of the molecule is CNCCc1c[nH]c2cccc([P+](=O)[O-])c12. The van der Waals surface area contributed by atoms with E-state index < -0.39 is 8.03 Å². The quantitative estimate of drug-likeness (QED) is 0.766. The number of benzene rings is 1. The highest BCUT2D eigenvalue weighted by Gasteiger charge is 2.16. The summed E-state index contributed by atoms with van der Waals surface area (Å²) in [5, 5.41) is 4.28. The molecule has 0 aliphatic heterocycles. The van der Waals surface area contributed by atoms with Crippen molar-refractivity contribution in [2.75, 3.05) is 13.6 Å². The van der Waals surface area contributed by atoms with Crippen LogP contribution in [0.5, 0.6) is 0 Å². The molecule has 0 saturated heterocycles. The molecule has 1 unspecified atom stereocenters. The molecule has 1 aromatic carbocycles. The molecule has 1 atom stereocenters. The molecule has 0 aliphatic carbocycles. The average Bonchev–Trinajstić information content (AvgIpc) is 2.69. The molecule has 0 bridgehead atoms. The second-order valence-electron chi connectivity index (χ2n) is 3.62. The van der Waals surface area contributed by atoms with Crippen molar-refractivity contribution in [3.8, 4) is 0 Å². The molecule has 2 rings (SSSR count). The Kier molecular flexibility index (Phi) is 3.34. The van der Waals surface area contributed by atoms with E-state index in [0.29, 0.717) is 5.30 Å². The van der Waals surface area contributed by atoms with Crippen LogP contribution in [0, 0.1) is 0 Å². The Hall–Kier alpha value is -1.22. The first-order chi connectivity index (χ1) is 7.74. The van der Waals surface area contributed by atoms with Crippen molar-refractivity contribution in [3.63, 3.8) is 0 Å². The Labute approximate surface area is 94.6 Å². The van der Waals surface area contributed by atoms with Gasteiger partial charge in [0.05, 0.1) is 10.9 Å². The van der Waals surface area contributed by atoms with Gasteiger partial charge in [-0.2, -0.15) is 0 Å². The number of aromatic amines is 1. The smallest absolute Gasteiger partial charge is 0.349 e. The lowest BCUT2D eigenvalue weighted by Gasteiger charge is -1.99. The lowest BCUT2D eigenvalue weighted by Crippen LogP contribution is -2.12. The Morgan fingerprint density at radius 1 is 1.50 bits per heavy atom. The Morgan fingerprint density at radius 3 is 3.00 bits per heavy atom. The lowest BCUT2D eigenvalue weighted by molar-refractivity contribution is -0.160. The minimum absolute atomic E-state index is 0.403. The van der Waals surface area contributed by atoms with Gasteiger partial charge >= 0.3 is 8.03 Å². The maximum absolute atomic E-state index is 11.1. The molecule has 0 spiro atoms. The van der Waals surface area contributed by atoms with E-state index in [1.807, 2.05) is 19.3 Å². The van der Waals surface area contributed by atoms with Crippen molar-refractivity contribution in [3.05, 3.63) is 30.0 Å². The van der Waals surface area contributed by atoms with Crippen molar-refractivity contribution < 1.29 is 9.46 Å². The van der Waals surface area contributed by atoms with E-state index in [-0.39, 0.29) is 0 Å². The van der Waals surface area contributed by atoms with Gasteiger partial charge in [-0.05, 0) is 37.7 Å². The Balaban J connectivity index is 2.54. The fourth-order valence-electron chi connectivity index (χ4n) is 1.84. The number of H-pyrrole nitrogens is 1. The maximum atomic E-state index is 11.1. The molecule has 0 aliphatic rings. The highest BCUT2D eigenvalue weighted by molar-refractivity contribution is 7.46. The number of nitrogens with one attached hydrogen (secondary N) is 2. The largest absolute Gasteiger partial charge is 0.591 e. The second-order valence-corrected chi connectivity index (χ2v) is 4.62. The van der Waals surface area contributed by atoms with Crippen LogP contribution in [-0.4, -0.2) is 18.6 Å². The topological polar surface area (TPSA) is 68.0 Å². The number of likely N-dealkylation sites (N-methyl/N-ethyl adjacent to an activating group) is 1. The van der Waals surface area contributed by atoms with Gasteiger partial charge in [-0.3, -0.25) is 0 Å². The van der Waals surface area contributed by atoms with Crippen LogP contribution < -0.4 is 15.5 Å². The van der Waals surface area contributed by atoms with Crippen LogP contribution in [-0.2, 0) is 11.0 Å². The van der Waals surface area contributed by atoms with E-state index in [1.165, 1.54) is 0 Å². The van der Waals surface area contributed by atoms with Crippen molar-refractivity contribution >= 4 is 24.2 Å². The normalized spacial score (nSPS) is 12.0. The minimum atomic E-state index is -2.54. The molecule has 1 heterocycles. The summed E-state index contributed by atoms with van der Waals surface area (Å²) < 4.78 is 11.1. The van der Waals surface area contributed by atoms with Gasteiger partial charge in [0, 0.05) is 6.20 Å². The molecule has 0 radical (unpaired) electrons. The predicted molar refractivity (Wildman–Crippen MR) is 63.2 cm³/mol. The molecular weight excluding hydrogens is 223 g/mol. The Morgan fingerprint density at radius 2 is 2.31 bits per heavy atom. The van der Waals surface area contributed by atoms with Crippen molar-refractivity contribution in [2.24, 2.45) is 0 Å². The number of rotatable bonds is 4. The molecule has 2 aromatic rings. The first-order valence-corrected chi connectivity index (χ1v) is 6.29. The summed E-state index contributed by atoms with van der Waals surface area (Å²) in [7, 11) is -0.662. The summed E-state index contributed by atoms with van der Waals surface area (Å²) in [6.45, 7) is 0.830. The van der Waals surface area contributed by atoms with Gasteiger partial charge in [0.2, 0.25) is 0 Å². The summed E-state index contributed by atoms with van der Waals surface area (Å²) in [5.41, 5.74) is 1.92. The average molecular weight is 236 g/mol. The van der Waals surface area contributed by atoms with Crippen LogP contribution >= 0.6 is 8.03 Å². The second kappa shape index (κ2) is 4.74. The molecule has 2 N–H and O–H groups in total. The third-order valence-electron chi connectivity index (χ3n) is 2.61. The van der Waals surface area contributed by atoms with Crippen LogP contribution in [0.2, 0.25) is 0 Å². The molecule has 4 nitrogen and oxygen atoms in total. The number of fused-ring (bicyclic) bond motifs is 1. The molecule has 0 fully saturated rings. The van der Waals surface area contributed by atoms with Crippen LogP contribution in [0.15, 0.2) is 24.4 Å². The summed E-state index contributed by atoms with van der Waals surface area (Å²) in [6, 6.07) is 5.28. The summed E-state index contributed by atoms with van der Waals surface area (Å²) in [6.07, 6.45) is 2.70.